The normalized spacial score (nSPS) is 22.4. The Hall–Kier alpha value is -6.95. The number of amides is 1. The number of allylic oxidation sites excluding steroid dienone is 1. The van der Waals surface area contributed by atoms with Crippen LogP contribution in [0.3, 0.4) is 0 Å². The maximum Gasteiger partial charge on any atom is 0.416 e. The summed E-state index contributed by atoms with van der Waals surface area (Å²) in [5, 5.41) is 36.1. The van der Waals surface area contributed by atoms with E-state index in [1.54, 1.807) is 42.5 Å². The summed E-state index contributed by atoms with van der Waals surface area (Å²) in [5.74, 6) is 0.123. The Morgan fingerprint density at radius 2 is 1.65 bits per heavy atom. The number of hydrogen-bond acceptors (Lipinski definition) is 15. The summed E-state index contributed by atoms with van der Waals surface area (Å²) in [6, 6.07) is 20.2. The van der Waals surface area contributed by atoms with Crippen molar-refractivity contribution in [1.82, 2.24) is 4.90 Å². The van der Waals surface area contributed by atoms with Gasteiger partial charge in [-0.25, -0.2) is 4.79 Å². The van der Waals surface area contributed by atoms with Crippen LogP contribution >= 0.6 is 0 Å². The molecule has 0 aromatic heterocycles. The minimum absolute atomic E-state index is 0.0151. The number of aldehydes is 1. The van der Waals surface area contributed by atoms with Gasteiger partial charge in [0.05, 0.1) is 35.8 Å². The Balaban J connectivity index is 1.32. The Morgan fingerprint density at radius 1 is 0.926 bits per heavy atom. The molecule has 2 N–H and O–H groups in total. The van der Waals surface area contributed by atoms with E-state index in [2.05, 4.69) is 17.8 Å². The second-order valence-corrected chi connectivity index (χ2v) is 17.0. The van der Waals surface area contributed by atoms with Crippen molar-refractivity contribution in [2.24, 2.45) is 22.9 Å². The Bertz CT molecular complexity index is 2550. The summed E-state index contributed by atoms with van der Waals surface area (Å²) in [6.07, 6.45) is 7.91. The Labute approximate surface area is 393 Å². The molecule has 68 heavy (non-hydrogen) atoms. The van der Waals surface area contributed by atoms with Gasteiger partial charge in [-0.05, 0) is 109 Å². The van der Waals surface area contributed by atoms with Crippen LogP contribution in [-0.4, -0.2) is 90.8 Å². The fourth-order valence-electron chi connectivity index (χ4n) is 10.2. The van der Waals surface area contributed by atoms with E-state index in [9.17, 15) is 25.1 Å². The number of aliphatic hydroxyl groups excluding tert-OH is 2. The maximum absolute atomic E-state index is 15.1. The fourth-order valence-corrected chi connectivity index (χ4v) is 10.2. The van der Waals surface area contributed by atoms with E-state index in [0.717, 1.165) is 24.0 Å². The molecule has 17 heteroatoms. The zero-order chi connectivity index (χ0) is 47.8. The molecule has 2 heterocycles. The molecule has 0 bridgehead atoms. The third kappa shape index (κ3) is 9.72. The molecule has 6 atom stereocenters. The zero-order valence-electron chi connectivity index (χ0n) is 38.0. The molecule has 0 radical (unpaired) electrons. The smallest absolute Gasteiger partial charge is 0.416 e. The molecule has 1 fully saturated rings. The van der Waals surface area contributed by atoms with Gasteiger partial charge in [0.15, 0.2) is 17.8 Å². The molecule has 0 spiro atoms. The zero-order valence-corrected chi connectivity index (χ0v) is 38.0. The number of nitro groups is 1. The molecule has 4 aliphatic rings. The monoisotopic (exact) mass is 933 g/mol. The van der Waals surface area contributed by atoms with Crippen molar-refractivity contribution in [2.75, 3.05) is 40.8 Å². The number of nitro benzene ring substituents is 1. The van der Waals surface area contributed by atoms with E-state index in [4.69, 9.17) is 38.0 Å². The molecule has 4 aromatic carbocycles. The van der Waals surface area contributed by atoms with Gasteiger partial charge in [0.25, 0.3) is 5.69 Å². The molecule has 2 aliphatic heterocycles. The number of rotatable bonds is 21. The first kappa shape index (κ1) is 47.5. The third-order valence-corrected chi connectivity index (χ3v) is 13.1. The lowest BCUT2D eigenvalue weighted by Crippen LogP contribution is -2.70. The molecular weight excluding hydrogens is 879 g/mol. The number of hydrogen-bond donors (Lipinski definition) is 2. The number of methoxy groups -OCH3 is 1. The van der Waals surface area contributed by atoms with Crippen molar-refractivity contribution in [3.05, 3.63) is 130 Å². The fraction of sp³-hybridized carbons (Fsp3) is 0.392. The van der Waals surface area contributed by atoms with Crippen molar-refractivity contribution in [2.45, 2.75) is 69.2 Å². The van der Waals surface area contributed by atoms with E-state index >= 15 is 4.79 Å². The summed E-state index contributed by atoms with van der Waals surface area (Å²) in [4.78, 5) is 45.2. The van der Waals surface area contributed by atoms with Gasteiger partial charge in [0.1, 0.15) is 41.9 Å². The van der Waals surface area contributed by atoms with Crippen LogP contribution in [0, 0.1) is 27.9 Å². The van der Waals surface area contributed by atoms with Crippen LogP contribution in [-0.2, 0) is 16.1 Å². The van der Waals surface area contributed by atoms with Gasteiger partial charge in [-0.15, -0.1) is 6.58 Å². The number of carbonyl (C=O) groups is 2. The predicted octanol–water partition coefficient (Wildman–Crippen LogP) is 8.90. The van der Waals surface area contributed by atoms with Gasteiger partial charge in [0, 0.05) is 49.8 Å². The average Bonchev–Trinajstić information content (AvgIpc) is 3.82. The highest BCUT2D eigenvalue weighted by molar-refractivity contribution is 6.03. The molecule has 0 saturated heterocycles. The van der Waals surface area contributed by atoms with E-state index < -0.39 is 28.8 Å². The number of carbonyl (C=O) groups excluding carboxylic acids is 2. The predicted molar refractivity (Wildman–Crippen MR) is 248 cm³/mol. The second-order valence-electron chi connectivity index (χ2n) is 17.0. The first-order valence-corrected chi connectivity index (χ1v) is 22.7. The van der Waals surface area contributed by atoms with Gasteiger partial charge >= 0.3 is 6.09 Å². The standard InChI is InChI=1S/C51H55N3O14/c1-4-23-65-51-47(53(29-32-11-18-45-46(24-32)64-31-63-45)50(58)67-36-14-12-35(13-15-36)54(59)60)28-42(52-62-3)40-26-33(9-5-7-21-55)39(10-6-8-22-56)48(49(40)51)41-27-38(17-20-44(41)68-51)66-37-16-19-43(61-2)34(25-37)30-57/h4,11-20,24-27,30,33,39,47-49,55-56H,1,5-10,21-23,28-29,31H2,2-3H3/t33-,39+,47-,48+,49+,51+/m0/s1. The van der Waals surface area contributed by atoms with Crippen LogP contribution in [0.25, 0.3) is 0 Å². The van der Waals surface area contributed by atoms with Crippen molar-refractivity contribution < 1.29 is 62.7 Å². The molecule has 1 saturated carbocycles. The first-order valence-electron chi connectivity index (χ1n) is 22.7. The SMILES string of the molecule is C=CCO[C@@]12Oc3ccc(Oc4ccc(OC)c(C=O)c4)cc3[C@H]3[C@H](CCCCO)[C@@H](CCCCO)C=C(C(=NOC)C[C@@H]1N(Cc1ccc4c(c1)OCO4)C(=O)Oc1ccc([N+](=O)[O-])cc1)[C@H]32. The lowest BCUT2D eigenvalue weighted by Gasteiger charge is -2.59. The van der Waals surface area contributed by atoms with Gasteiger partial charge in [-0.2, -0.15) is 0 Å². The van der Waals surface area contributed by atoms with Gasteiger partial charge < -0.3 is 48.2 Å². The van der Waals surface area contributed by atoms with E-state index in [-0.39, 0.29) is 68.8 Å². The second kappa shape index (κ2) is 21.3. The number of fused-ring (bicyclic) bond motifs is 3. The van der Waals surface area contributed by atoms with E-state index in [1.807, 2.05) is 18.2 Å². The average molecular weight is 934 g/mol. The number of non-ortho nitro benzene ring substituents is 1. The molecule has 17 nitrogen and oxygen atoms in total. The van der Waals surface area contributed by atoms with Crippen LogP contribution in [0.1, 0.15) is 72.3 Å². The van der Waals surface area contributed by atoms with Crippen molar-refractivity contribution in [3.8, 4) is 40.2 Å². The third-order valence-electron chi connectivity index (χ3n) is 13.1. The largest absolute Gasteiger partial charge is 0.496 e. The number of aliphatic hydroxyl groups is 2. The van der Waals surface area contributed by atoms with Crippen LogP contribution < -0.4 is 28.4 Å². The topological polar surface area (TPSA) is 207 Å². The number of oxime groups is 1. The van der Waals surface area contributed by atoms with Crippen LogP contribution in [0.4, 0.5) is 10.5 Å². The highest BCUT2D eigenvalue weighted by Crippen LogP contribution is 2.62. The molecule has 4 aromatic rings. The van der Waals surface area contributed by atoms with Crippen LogP contribution in [0.5, 0.6) is 40.2 Å². The summed E-state index contributed by atoms with van der Waals surface area (Å²) in [7, 11) is 2.96. The van der Waals surface area contributed by atoms with Crippen molar-refractivity contribution >= 4 is 23.8 Å². The minimum Gasteiger partial charge on any atom is -0.496 e. The number of ether oxygens (including phenoxy) is 7. The highest BCUT2D eigenvalue weighted by Gasteiger charge is 2.66. The molecule has 0 unspecified atom stereocenters. The molecule has 2 aliphatic carbocycles. The quantitative estimate of drug-likeness (QED) is 0.0263. The van der Waals surface area contributed by atoms with E-state index in [0.29, 0.717) is 83.3 Å². The van der Waals surface area contributed by atoms with Gasteiger partial charge in [0.2, 0.25) is 12.6 Å². The van der Waals surface area contributed by atoms with Gasteiger partial charge in [-0.3, -0.25) is 19.8 Å². The summed E-state index contributed by atoms with van der Waals surface area (Å²) < 4.78 is 43.7. The number of nitrogens with zero attached hydrogens (tertiary/aromatic N) is 3. The maximum atomic E-state index is 15.1. The lowest BCUT2D eigenvalue weighted by atomic mass is 9.55. The Kier molecular flexibility index (Phi) is 14.9. The van der Waals surface area contributed by atoms with E-state index in [1.165, 1.54) is 43.4 Å². The van der Waals surface area contributed by atoms with Crippen LogP contribution in [0.15, 0.2) is 108 Å². The molecule has 8 rings (SSSR count). The molecule has 1 amide bonds. The summed E-state index contributed by atoms with van der Waals surface area (Å²) >= 11 is 0. The molecular formula is C51H55N3O14. The molecule has 358 valence electrons. The highest BCUT2D eigenvalue weighted by atomic mass is 16.7. The first-order chi connectivity index (χ1) is 33.1. The number of unbranched alkanes of at least 4 members (excludes halogenated alkanes) is 2. The Morgan fingerprint density at radius 3 is 2.37 bits per heavy atom. The summed E-state index contributed by atoms with van der Waals surface area (Å²) in [5.41, 5.74) is 3.01. The van der Waals surface area contributed by atoms with Crippen molar-refractivity contribution in [1.29, 1.82) is 0 Å². The van der Waals surface area contributed by atoms with Crippen LogP contribution in [0.2, 0.25) is 0 Å². The lowest BCUT2D eigenvalue weighted by molar-refractivity contribution is -0.384. The number of benzene rings is 4. The summed E-state index contributed by atoms with van der Waals surface area (Å²) in [6.45, 7) is 4.09. The van der Waals surface area contributed by atoms with Crippen molar-refractivity contribution in [3.63, 3.8) is 0 Å². The minimum atomic E-state index is -1.64. The van der Waals surface area contributed by atoms with Gasteiger partial charge in [-0.1, -0.05) is 36.2 Å².